The van der Waals surface area contributed by atoms with E-state index >= 15 is 0 Å². The van der Waals surface area contributed by atoms with Crippen molar-refractivity contribution in [3.8, 4) is 0 Å². The van der Waals surface area contributed by atoms with Crippen LogP contribution < -0.4 is 0 Å². The van der Waals surface area contributed by atoms with Gasteiger partial charge in [0.2, 0.25) is 5.69 Å². The monoisotopic (exact) mass is 184 g/mol. The van der Waals surface area contributed by atoms with Crippen LogP contribution in [0, 0.1) is 6.57 Å². The lowest BCUT2D eigenvalue weighted by molar-refractivity contribution is 0.282. The standard InChI is InChI=1S/C11H8N2O/c1-12-10-5-9-4-8(7-14)2-3-11(9)13-6-10/h2-6,14H,7H2. The van der Waals surface area contributed by atoms with Crippen LogP contribution in [0.25, 0.3) is 15.7 Å². The van der Waals surface area contributed by atoms with Gasteiger partial charge in [0.05, 0.1) is 18.7 Å². The number of aliphatic hydroxyl groups excluding tert-OH is 1. The summed E-state index contributed by atoms with van der Waals surface area (Å²) >= 11 is 0. The van der Waals surface area contributed by atoms with Crippen LogP contribution in [-0.4, -0.2) is 10.1 Å². The average molecular weight is 184 g/mol. The van der Waals surface area contributed by atoms with Crippen LogP contribution in [0.4, 0.5) is 5.69 Å². The molecular weight excluding hydrogens is 176 g/mol. The van der Waals surface area contributed by atoms with E-state index in [-0.39, 0.29) is 6.61 Å². The molecule has 68 valence electrons. The first-order valence-electron chi connectivity index (χ1n) is 4.20. The van der Waals surface area contributed by atoms with Gasteiger partial charge in [0.25, 0.3) is 0 Å². The van der Waals surface area contributed by atoms with Gasteiger partial charge in [-0.1, -0.05) is 6.07 Å². The molecule has 2 aromatic rings. The highest BCUT2D eigenvalue weighted by Crippen LogP contribution is 2.19. The molecule has 0 fully saturated rings. The van der Waals surface area contributed by atoms with E-state index in [9.17, 15) is 0 Å². The van der Waals surface area contributed by atoms with E-state index in [0.717, 1.165) is 16.5 Å². The lowest BCUT2D eigenvalue weighted by Gasteiger charge is -2.00. The minimum atomic E-state index is 0.0121. The van der Waals surface area contributed by atoms with Gasteiger partial charge in [-0.25, -0.2) is 4.85 Å². The van der Waals surface area contributed by atoms with Gasteiger partial charge in [0, 0.05) is 6.20 Å². The van der Waals surface area contributed by atoms with E-state index in [0.29, 0.717) is 5.69 Å². The van der Waals surface area contributed by atoms with Crippen LogP contribution >= 0.6 is 0 Å². The summed E-state index contributed by atoms with van der Waals surface area (Å²) in [4.78, 5) is 7.43. The zero-order valence-corrected chi connectivity index (χ0v) is 7.44. The molecule has 2 rings (SSSR count). The van der Waals surface area contributed by atoms with Gasteiger partial charge in [-0.3, -0.25) is 4.98 Å². The van der Waals surface area contributed by atoms with Crippen molar-refractivity contribution in [2.75, 3.05) is 0 Å². The van der Waals surface area contributed by atoms with Crippen molar-refractivity contribution >= 4 is 16.6 Å². The Morgan fingerprint density at radius 2 is 2.21 bits per heavy atom. The molecule has 0 saturated carbocycles. The fourth-order valence-corrected chi connectivity index (χ4v) is 1.33. The van der Waals surface area contributed by atoms with Gasteiger partial charge < -0.3 is 5.11 Å². The summed E-state index contributed by atoms with van der Waals surface area (Å²) in [7, 11) is 0. The smallest absolute Gasteiger partial charge is 0.205 e. The quantitative estimate of drug-likeness (QED) is 0.690. The number of benzene rings is 1. The molecule has 0 spiro atoms. The van der Waals surface area contributed by atoms with Crippen molar-refractivity contribution in [3.05, 3.63) is 47.4 Å². The Morgan fingerprint density at radius 3 is 2.93 bits per heavy atom. The van der Waals surface area contributed by atoms with E-state index < -0.39 is 0 Å². The summed E-state index contributed by atoms with van der Waals surface area (Å²) in [5.41, 5.74) is 2.20. The van der Waals surface area contributed by atoms with Crippen molar-refractivity contribution < 1.29 is 5.11 Å². The van der Waals surface area contributed by atoms with Crippen LogP contribution in [0.15, 0.2) is 30.5 Å². The largest absolute Gasteiger partial charge is 0.392 e. The molecule has 0 aliphatic heterocycles. The van der Waals surface area contributed by atoms with Crippen LogP contribution in [-0.2, 0) is 6.61 Å². The number of pyridine rings is 1. The maximum Gasteiger partial charge on any atom is 0.205 e. The number of nitrogens with zero attached hydrogens (tertiary/aromatic N) is 2. The lowest BCUT2D eigenvalue weighted by atomic mass is 10.1. The van der Waals surface area contributed by atoms with Crippen molar-refractivity contribution in [2.45, 2.75) is 6.61 Å². The fraction of sp³-hybridized carbons (Fsp3) is 0.0909. The maximum atomic E-state index is 8.94. The highest BCUT2D eigenvalue weighted by Gasteiger charge is 1.98. The predicted octanol–water partition coefficient (Wildman–Crippen LogP) is 2.28. The molecule has 3 nitrogen and oxygen atoms in total. The fourth-order valence-electron chi connectivity index (χ4n) is 1.33. The molecule has 0 saturated heterocycles. The number of aliphatic hydroxyl groups is 1. The van der Waals surface area contributed by atoms with Gasteiger partial charge in [0.1, 0.15) is 0 Å². The van der Waals surface area contributed by atoms with Gasteiger partial charge in [0.15, 0.2) is 0 Å². The SMILES string of the molecule is [C-]#[N+]c1cnc2ccc(CO)cc2c1. The zero-order valence-electron chi connectivity index (χ0n) is 7.44. The van der Waals surface area contributed by atoms with Crippen molar-refractivity contribution in [1.29, 1.82) is 0 Å². The first kappa shape index (κ1) is 8.67. The molecule has 0 amide bonds. The van der Waals surface area contributed by atoms with Crippen LogP contribution in [0.5, 0.6) is 0 Å². The van der Waals surface area contributed by atoms with Gasteiger partial charge >= 0.3 is 0 Å². The predicted molar refractivity (Wildman–Crippen MR) is 53.9 cm³/mol. The molecule has 1 N–H and O–H groups in total. The molecule has 0 unspecified atom stereocenters. The highest BCUT2D eigenvalue weighted by molar-refractivity contribution is 5.82. The topological polar surface area (TPSA) is 37.5 Å². The third-order valence-electron chi connectivity index (χ3n) is 2.04. The first-order valence-corrected chi connectivity index (χ1v) is 4.20. The molecule has 0 aliphatic rings. The van der Waals surface area contributed by atoms with E-state index in [1.165, 1.54) is 0 Å². The molecule has 0 aliphatic carbocycles. The van der Waals surface area contributed by atoms with Gasteiger partial charge in [-0.05, 0) is 29.1 Å². The Morgan fingerprint density at radius 1 is 1.36 bits per heavy atom. The van der Waals surface area contributed by atoms with Crippen LogP contribution in [0.3, 0.4) is 0 Å². The Labute approximate surface area is 81.5 Å². The van der Waals surface area contributed by atoms with Crippen LogP contribution in [0.2, 0.25) is 0 Å². The second-order valence-corrected chi connectivity index (χ2v) is 2.99. The highest BCUT2D eigenvalue weighted by atomic mass is 16.3. The molecule has 3 heteroatoms. The third-order valence-corrected chi connectivity index (χ3v) is 2.04. The van der Waals surface area contributed by atoms with Gasteiger partial charge in [-0.15, -0.1) is 0 Å². The molecule has 0 bridgehead atoms. The number of hydrogen-bond acceptors (Lipinski definition) is 2. The maximum absolute atomic E-state index is 8.94. The summed E-state index contributed by atoms with van der Waals surface area (Å²) in [6.07, 6.45) is 1.55. The number of aromatic nitrogens is 1. The Balaban J connectivity index is 2.67. The summed E-state index contributed by atoms with van der Waals surface area (Å²) < 4.78 is 0. The third kappa shape index (κ3) is 1.43. The lowest BCUT2D eigenvalue weighted by Crippen LogP contribution is -1.84. The van der Waals surface area contributed by atoms with E-state index in [2.05, 4.69) is 9.83 Å². The second-order valence-electron chi connectivity index (χ2n) is 2.99. The second kappa shape index (κ2) is 3.44. The molecule has 1 heterocycles. The number of hydrogen-bond donors (Lipinski definition) is 1. The molecule has 1 aromatic heterocycles. The Bertz CT molecular complexity index is 514. The summed E-state index contributed by atoms with van der Waals surface area (Å²) in [5.74, 6) is 0. The minimum absolute atomic E-state index is 0.0121. The summed E-state index contributed by atoms with van der Waals surface area (Å²) in [6.45, 7) is 6.87. The van der Waals surface area contributed by atoms with E-state index in [1.54, 1.807) is 12.3 Å². The van der Waals surface area contributed by atoms with Crippen molar-refractivity contribution in [2.24, 2.45) is 0 Å². The molecule has 0 atom stereocenters. The number of fused-ring (bicyclic) bond motifs is 1. The van der Waals surface area contributed by atoms with Crippen molar-refractivity contribution in [3.63, 3.8) is 0 Å². The minimum Gasteiger partial charge on any atom is -0.392 e. The van der Waals surface area contributed by atoms with E-state index in [1.807, 2.05) is 18.2 Å². The Hall–Kier alpha value is -1.92. The Kier molecular flexibility index (Phi) is 2.13. The zero-order chi connectivity index (χ0) is 9.97. The molecule has 0 radical (unpaired) electrons. The van der Waals surface area contributed by atoms with E-state index in [4.69, 9.17) is 11.7 Å². The molecular formula is C11H8N2O. The van der Waals surface area contributed by atoms with Gasteiger partial charge in [-0.2, -0.15) is 0 Å². The summed E-state index contributed by atoms with van der Waals surface area (Å²) in [6, 6.07) is 7.28. The molecule has 1 aromatic carbocycles. The number of rotatable bonds is 1. The first-order chi connectivity index (χ1) is 6.83. The summed E-state index contributed by atoms with van der Waals surface area (Å²) in [5, 5.41) is 9.84. The normalized spacial score (nSPS) is 10.0. The van der Waals surface area contributed by atoms with Crippen LogP contribution in [0.1, 0.15) is 5.56 Å². The molecule has 14 heavy (non-hydrogen) atoms. The van der Waals surface area contributed by atoms with Crippen molar-refractivity contribution in [1.82, 2.24) is 4.98 Å². The average Bonchev–Trinajstić information content (AvgIpc) is 2.27.